The molecule has 1 aromatic heterocycles. The van der Waals surface area contributed by atoms with Crippen molar-refractivity contribution in [3.63, 3.8) is 0 Å². The predicted molar refractivity (Wildman–Crippen MR) is 86.8 cm³/mol. The number of hydrogen-bond acceptors (Lipinski definition) is 3. The molecule has 0 radical (unpaired) electrons. The molecule has 108 valence electrons. The van der Waals surface area contributed by atoms with E-state index in [0.717, 1.165) is 18.8 Å². The molecule has 1 aliphatic rings. The fourth-order valence-corrected chi connectivity index (χ4v) is 3.70. The summed E-state index contributed by atoms with van der Waals surface area (Å²) in [6.45, 7) is 4.68. The molecule has 1 aromatic carbocycles. The zero-order chi connectivity index (χ0) is 13.6. The van der Waals surface area contributed by atoms with Crippen molar-refractivity contribution in [2.24, 2.45) is 0 Å². The summed E-state index contributed by atoms with van der Waals surface area (Å²) >= 11 is 1.78. The minimum Gasteiger partial charge on any atom is -0.493 e. The van der Waals surface area contributed by atoms with Crippen LogP contribution < -0.4 is 4.74 Å². The standard InChI is InChI=1S/C17H23NOS/c1-2-10-18(11-3-1)12-4-5-13-19-16-7-6-8-17-15(16)9-14-20-17/h6-9,14H,1-5,10-13H2. The molecule has 0 spiro atoms. The summed E-state index contributed by atoms with van der Waals surface area (Å²) in [4.78, 5) is 2.60. The van der Waals surface area contributed by atoms with Gasteiger partial charge in [0.25, 0.3) is 0 Å². The Morgan fingerprint density at radius 2 is 1.95 bits per heavy atom. The predicted octanol–water partition coefficient (Wildman–Crippen LogP) is 4.55. The van der Waals surface area contributed by atoms with E-state index in [1.165, 1.54) is 55.4 Å². The van der Waals surface area contributed by atoms with Gasteiger partial charge in [0.1, 0.15) is 5.75 Å². The van der Waals surface area contributed by atoms with Crippen LogP contribution >= 0.6 is 11.3 Å². The van der Waals surface area contributed by atoms with E-state index >= 15 is 0 Å². The number of fused-ring (bicyclic) bond motifs is 1. The van der Waals surface area contributed by atoms with Gasteiger partial charge in [-0.25, -0.2) is 0 Å². The number of rotatable bonds is 6. The first-order chi connectivity index (χ1) is 9.93. The van der Waals surface area contributed by atoms with Gasteiger partial charge in [-0.15, -0.1) is 11.3 Å². The van der Waals surface area contributed by atoms with Crippen molar-refractivity contribution >= 4 is 21.4 Å². The molecule has 2 aromatic rings. The molecule has 20 heavy (non-hydrogen) atoms. The molecule has 0 unspecified atom stereocenters. The Bertz CT molecular complexity index is 531. The largest absolute Gasteiger partial charge is 0.493 e. The Labute approximate surface area is 125 Å². The van der Waals surface area contributed by atoms with Gasteiger partial charge in [-0.2, -0.15) is 0 Å². The fourth-order valence-electron chi connectivity index (χ4n) is 2.89. The Kier molecular flexibility index (Phi) is 4.93. The van der Waals surface area contributed by atoms with Gasteiger partial charge in [-0.1, -0.05) is 12.5 Å². The summed E-state index contributed by atoms with van der Waals surface area (Å²) in [5.41, 5.74) is 0. The molecular weight excluding hydrogens is 266 g/mol. The van der Waals surface area contributed by atoms with E-state index in [-0.39, 0.29) is 0 Å². The summed E-state index contributed by atoms with van der Waals surface area (Å²) in [7, 11) is 0. The molecule has 3 heteroatoms. The number of unbranched alkanes of at least 4 members (excludes halogenated alkanes) is 1. The normalized spacial score (nSPS) is 16.6. The minimum atomic E-state index is 0.836. The second-order valence-electron chi connectivity index (χ2n) is 5.55. The summed E-state index contributed by atoms with van der Waals surface area (Å²) in [6.07, 6.45) is 6.59. The van der Waals surface area contributed by atoms with Crippen molar-refractivity contribution in [2.75, 3.05) is 26.2 Å². The second kappa shape index (κ2) is 7.09. The number of hydrogen-bond donors (Lipinski definition) is 0. The van der Waals surface area contributed by atoms with E-state index in [9.17, 15) is 0 Å². The highest BCUT2D eigenvalue weighted by molar-refractivity contribution is 7.17. The molecular formula is C17H23NOS. The van der Waals surface area contributed by atoms with E-state index in [1.54, 1.807) is 11.3 Å². The zero-order valence-electron chi connectivity index (χ0n) is 12.0. The Morgan fingerprint density at radius 1 is 1.05 bits per heavy atom. The Morgan fingerprint density at radius 3 is 2.85 bits per heavy atom. The number of likely N-dealkylation sites (tertiary alicyclic amines) is 1. The molecule has 1 fully saturated rings. The Hall–Kier alpha value is -1.06. The number of benzene rings is 1. The quantitative estimate of drug-likeness (QED) is 0.724. The van der Waals surface area contributed by atoms with Crippen LogP contribution in [0.3, 0.4) is 0 Å². The van der Waals surface area contributed by atoms with Crippen LogP contribution in [0, 0.1) is 0 Å². The molecule has 0 saturated carbocycles. The minimum absolute atomic E-state index is 0.836. The van der Waals surface area contributed by atoms with Crippen LogP contribution in [-0.4, -0.2) is 31.1 Å². The highest BCUT2D eigenvalue weighted by Gasteiger charge is 2.09. The molecule has 0 aliphatic carbocycles. The highest BCUT2D eigenvalue weighted by Crippen LogP contribution is 2.29. The average Bonchev–Trinajstić information content (AvgIpc) is 2.97. The molecule has 1 saturated heterocycles. The van der Waals surface area contributed by atoms with E-state index in [0.29, 0.717) is 0 Å². The zero-order valence-corrected chi connectivity index (χ0v) is 12.8. The smallest absolute Gasteiger partial charge is 0.127 e. The second-order valence-corrected chi connectivity index (χ2v) is 6.49. The number of piperidine rings is 1. The first-order valence-electron chi connectivity index (χ1n) is 7.75. The topological polar surface area (TPSA) is 12.5 Å². The first kappa shape index (κ1) is 13.9. The van der Waals surface area contributed by atoms with Crippen LogP contribution in [0.15, 0.2) is 29.6 Å². The van der Waals surface area contributed by atoms with Gasteiger partial charge in [0.05, 0.1) is 6.61 Å². The van der Waals surface area contributed by atoms with Crippen LogP contribution in [0.1, 0.15) is 32.1 Å². The molecule has 0 bridgehead atoms. The van der Waals surface area contributed by atoms with Crippen LogP contribution in [0.5, 0.6) is 5.75 Å². The SMILES string of the molecule is c1cc(OCCCCN2CCCCC2)c2ccsc2c1. The molecule has 0 N–H and O–H groups in total. The van der Waals surface area contributed by atoms with Gasteiger partial charge in [0.15, 0.2) is 0 Å². The third-order valence-corrected chi connectivity index (χ3v) is 4.91. The van der Waals surface area contributed by atoms with E-state index in [1.807, 2.05) is 0 Å². The monoisotopic (exact) mass is 289 g/mol. The summed E-state index contributed by atoms with van der Waals surface area (Å²) < 4.78 is 7.27. The average molecular weight is 289 g/mol. The van der Waals surface area contributed by atoms with Crippen molar-refractivity contribution in [1.29, 1.82) is 0 Å². The third kappa shape index (κ3) is 3.53. The number of ether oxygens (including phenoxy) is 1. The maximum absolute atomic E-state index is 5.96. The molecule has 2 nitrogen and oxygen atoms in total. The summed E-state index contributed by atoms with van der Waals surface area (Å²) in [5.74, 6) is 1.04. The lowest BCUT2D eigenvalue weighted by Crippen LogP contribution is -2.30. The van der Waals surface area contributed by atoms with E-state index < -0.39 is 0 Å². The van der Waals surface area contributed by atoms with Gasteiger partial charge in [-0.05, 0) is 68.9 Å². The van der Waals surface area contributed by atoms with E-state index in [4.69, 9.17) is 4.74 Å². The van der Waals surface area contributed by atoms with Crippen molar-refractivity contribution in [3.05, 3.63) is 29.6 Å². The van der Waals surface area contributed by atoms with Gasteiger partial charge in [0.2, 0.25) is 0 Å². The summed E-state index contributed by atoms with van der Waals surface area (Å²) in [6, 6.07) is 8.48. The fraction of sp³-hybridized carbons (Fsp3) is 0.529. The van der Waals surface area contributed by atoms with Gasteiger partial charge >= 0.3 is 0 Å². The highest BCUT2D eigenvalue weighted by atomic mass is 32.1. The van der Waals surface area contributed by atoms with Gasteiger partial charge < -0.3 is 9.64 Å². The lowest BCUT2D eigenvalue weighted by molar-refractivity contribution is 0.216. The van der Waals surface area contributed by atoms with Crippen molar-refractivity contribution < 1.29 is 4.74 Å². The van der Waals surface area contributed by atoms with Gasteiger partial charge in [0, 0.05) is 10.1 Å². The molecule has 0 atom stereocenters. The molecule has 3 rings (SSSR count). The lowest BCUT2D eigenvalue weighted by atomic mass is 10.1. The molecule has 2 heterocycles. The Balaban J connectivity index is 1.40. The maximum Gasteiger partial charge on any atom is 0.127 e. The molecule has 1 aliphatic heterocycles. The first-order valence-corrected chi connectivity index (χ1v) is 8.63. The van der Waals surface area contributed by atoms with E-state index in [2.05, 4.69) is 34.5 Å². The maximum atomic E-state index is 5.96. The van der Waals surface area contributed by atoms with Crippen LogP contribution in [-0.2, 0) is 0 Å². The van der Waals surface area contributed by atoms with Crippen LogP contribution in [0.25, 0.3) is 10.1 Å². The lowest BCUT2D eigenvalue weighted by Gasteiger charge is -2.26. The van der Waals surface area contributed by atoms with Crippen LogP contribution in [0.4, 0.5) is 0 Å². The number of nitrogens with zero attached hydrogens (tertiary/aromatic N) is 1. The van der Waals surface area contributed by atoms with Crippen molar-refractivity contribution in [1.82, 2.24) is 4.90 Å². The molecule has 0 amide bonds. The number of thiophene rings is 1. The van der Waals surface area contributed by atoms with Crippen molar-refractivity contribution in [3.8, 4) is 5.75 Å². The third-order valence-electron chi connectivity index (χ3n) is 4.03. The van der Waals surface area contributed by atoms with Crippen LogP contribution in [0.2, 0.25) is 0 Å². The summed E-state index contributed by atoms with van der Waals surface area (Å²) in [5, 5.41) is 3.39. The van der Waals surface area contributed by atoms with Gasteiger partial charge in [-0.3, -0.25) is 0 Å². The van der Waals surface area contributed by atoms with Crippen molar-refractivity contribution in [2.45, 2.75) is 32.1 Å².